The summed E-state index contributed by atoms with van der Waals surface area (Å²) in [4.78, 5) is 14.8. The Morgan fingerprint density at radius 2 is 1.77 bits per heavy atom. The number of carbonyl (C=O) groups is 1. The molecule has 0 unspecified atom stereocenters. The summed E-state index contributed by atoms with van der Waals surface area (Å²) in [7, 11) is -0.665. The van der Waals surface area contributed by atoms with Gasteiger partial charge in [0.2, 0.25) is 10.0 Å². The molecule has 0 bridgehead atoms. The summed E-state index contributed by atoms with van der Waals surface area (Å²) < 4.78 is 53.4. The minimum Gasteiger partial charge on any atom is -0.497 e. The molecule has 0 aliphatic carbocycles. The van der Waals surface area contributed by atoms with Gasteiger partial charge in [-0.3, -0.25) is 4.79 Å². The van der Waals surface area contributed by atoms with E-state index in [0.29, 0.717) is 25.4 Å². The fourth-order valence-corrected chi connectivity index (χ4v) is 8.28. The second kappa shape index (κ2) is 15.3. The van der Waals surface area contributed by atoms with Gasteiger partial charge in [0.15, 0.2) is 0 Å². The van der Waals surface area contributed by atoms with Crippen molar-refractivity contribution in [2.24, 2.45) is 5.41 Å². The van der Waals surface area contributed by atoms with Gasteiger partial charge in [0.05, 0.1) is 42.4 Å². The van der Waals surface area contributed by atoms with Gasteiger partial charge in [-0.1, -0.05) is 35.9 Å². The molecule has 0 spiro atoms. The van der Waals surface area contributed by atoms with Gasteiger partial charge in [-0.2, -0.15) is 4.31 Å². The van der Waals surface area contributed by atoms with Crippen LogP contribution in [0.1, 0.15) is 55.7 Å². The standard InChI is InChI=1S/C37H48N2O8S/c1-26-7-14-31(15-8-26)48(42,43)39-24-35(47-25-27-9-16-34-33(21-27)38(18-20-46-34)17-6-19-44-4)32(28-10-12-30(45-5)13-11-28)22-29(39)23-37(2,3)36(40)41/h7-16,21,29,32,35H,6,17-20,22-25H2,1-5H3,(H,40,41)/t29-,32+,35-/m0/s1. The first-order valence-electron chi connectivity index (χ1n) is 16.5. The Balaban J connectivity index is 1.48. The Bertz CT molecular complexity index is 1640. The molecule has 5 rings (SSSR count). The molecular formula is C37H48N2O8S. The normalized spacial score (nSPS) is 20.2. The predicted molar refractivity (Wildman–Crippen MR) is 184 cm³/mol. The van der Waals surface area contributed by atoms with Gasteiger partial charge in [0.1, 0.15) is 18.1 Å². The summed E-state index contributed by atoms with van der Waals surface area (Å²) in [5.41, 5.74) is 2.74. The highest BCUT2D eigenvalue weighted by Gasteiger charge is 2.46. The van der Waals surface area contributed by atoms with Crippen LogP contribution in [0.2, 0.25) is 0 Å². The maximum Gasteiger partial charge on any atom is 0.309 e. The zero-order valence-corrected chi connectivity index (χ0v) is 29.4. The number of carboxylic acids is 1. The van der Waals surface area contributed by atoms with E-state index in [2.05, 4.69) is 11.0 Å². The summed E-state index contributed by atoms with van der Waals surface area (Å²) in [5.74, 6) is 0.379. The number of nitrogens with zero attached hydrogens (tertiary/aromatic N) is 2. The van der Waals surface area contributed by atoms with E-state index in [-0.39, 0.29) is 30.4 Å². The van der Waals surface area contributed by atoms with Gasteiger partial charge >= 0.3 is 5.97 Å². The van der Waals surface area contributed by atoms with Crippen LogP contribution in [0.3, 0.4) is 0 Å². The summed E-state index contributed by atoms with van der Waals surface area (Å²) >= 11 is 0. The molecule has 2 heterocycles. The number of benzene rings is 3. The highest BCUT2D eigenvalue weighted by atomic mass is 32.2. The maximum absolute atomic E-state index is 14.3. The monoisotopic (exact) mass is 680 g/mol. The Morgan fingerprint density at radius 3 is 2.44 bits per heavy atom. The fourth-order valence-electron chi connectivity index (χ4n) is 6.63. The molecule has 10 nitrogen and oxygen atoms in total. The number of rotatable bonds is 14. The number of aryl methyl sites for hydroxylation is 1. The third-order valence-corrected chi connectivity index (χ3v) is 11.4. The van der Waals surface area contributed by atoms with Crippen molar-refractivity contribution in [1.29, 1.82) is 0 Å². The number of fused-ring (bicyclic) bond motifs is 1. The van der Waals surface area contributed by atoms with Crippen molar-refractivity contribution in [2.45, 2.75) is 69.6 Å². The van der Waals surface area contributed by atoms with Crippen LogP contribution in [0.5, 0.6) is 11.5 Å². The van der Waals surface area contributed by atoms with E-state index < -0.39 is 33.6 Å². The van der Waals surface area contributed by atoms with Crippen molar-refractivity contribution in [3.63, 3.8) is 0 Å². The molecular weight excluding hydrogens is 632 g/mol. The topological polar surface area (TPSA) is 115 Å². The smallest absolute Gasteiger partial charge is 0.309 e. The second-order valence-electron chi connectivity index (χ2n) is 13.4. The molecule has 1 N–H and O–H groups in total. The van der Waals surface area contributed by atoms with Crippen molar-refractivity contribution in [3.05, 3.63) is 83.4 Å². The molecule has 3 aromatic rings. The first-order chi connectivity index (χ1) is 22.9. The highest BCUT2D eigenvalue weighted by Crippen LogP contribution is 2.42. The number of aliphatic carboxylic acids is 1. The van der Waals surface area contributed by atoms with E-state index >= 15 is 0 Å². The fraction of sp³-hybridized carbons (Fsp3) is 0.486. The number of sulfonamides is 1. The molecule has 11 heteroatoms. The zero-order chi connectivity index (χ0) is 34.5. The molecule has 0 aromatic heterocycles. The summed E-state index contributed by atoms with van der Waals surface area (Å²) in [6, 6.07) is 20.0. The molecule has 2 aliphatic rings. The SMILES string of the molecule is COCCCN1CCOc2ccc(CO[C@H]3CN(S(=O)(=O)c4ccc(C)cc4)[C@H](CC(C)(C)C(=O)O)C[C@@H]3c3ccc(OC)cc3)cc21. The Hall–Kier alpha value is -3.64. The van der Waals surface area contributed by atoms with Gasteiger partial charge in [0.25, 0.3) is 0 Å². The van der Waals surface area contributed by atoms with Crippen LogP contribution in [-0.4, -0.2) is 83.0 Å². The van der Waals surface area contributed by atoms with Crippen molar-refractivity contribution in [2.75, 3.05) is 52.0 Å². The molecule has 260 valence electrons. The van der Waals surface area contributed by atoms with Crippen molar-refractivity contribution >= 4 is 21.7 Å². The maximum atomic E-state index is 14.3. The number of methoxy groups -OCH3 is 2. The Kier molecular flexibility index (Phi) is 11.4. The average Bonchev–Trinajstić information content (AvgIpc) is 3.07. The van der Waals surface area contributed by atoms with E-state index in [4.69, 9.17) is 18.9 Å². The number of ether oxygens (including phenoxy) is 4. The summed E-state index contributed by atoms with van der Waals surface area (Å²) in [6.07, 6.45) is 0.932. The lowest BCUT2D eigenvalue weighted by molar-refractivity contribution is -0.148. The van der Waals surface area contributed by atoms with Crippen LogP contribution >= 0.6 is 0 Å². The molecule has 1 saturated heterocycles. The summed E-state index contributed by atoms with van der Waals surface area (Å²) in [6.45, 7) is 8.46. The van der Waals surface area contributed by atoms with E-state index in [0.717, 1.165) is 47.6 Å². The van der Waals surface area contributed by atoms with Crippen molar-refractivity contribution in [3.8, 4) is 11.5 Å². The third kappa shape index (κ3) is 8.14. The highest BCUT2D eigenvalue weighted by molar-refractivity contribution is 7.89. The molecule has 0 radical (unpaired) electrons. The van der Waals surface area contributed by atoms with Crippen LogP contribution < -0.4 is 14.4 Å². The van der Waals surface area contributed by atoms with Gasteiger partial charge in [0, 0.05) is 38.8 Å². The minimum absolute atomic E-state index is 0.0739. The number of carboxylic acid groups (broad SMARTS) is 1. The van der Waals surface area contributed by atoms with Gasteiger partial charge in [-0.05, 0) is 87.6 Å². The van der Waals surface area contributed by atoms with E-state index in [1.165, 1.54) is 4.31 Å². The molecule has 3 atom stereocenters. The predicted octanol–water partition coefficient (Wildman–Crippen LogP) is 5.87. The minimum atomic E-state index is -3.98. The van der Waals surface area contributed by atoms with Gasteiger partial charge in [-0.15, -0.1) is 0 Å². The Morgan fingerprint density at radius 1 is 1.04 bits per heavy atom. The lowest BCUT2D eigenvalue weighted by Gasteiger charge is -2.45. The lowest BCUT2D eigenvalue weighted by Crippen LogP contribution is -2.53. The van der Waals surface area contributed by atoms with Crippen LogP contribution in [0, 0.1) is 12.3 Å². The largest absolute Gasteiger partial charge is 0.497 e. The van der Waals surface area contributed by atoms with Gasteiger partial charge in [-0.25, -0.2) is 8.42 Å². The number of piperidine rings is 1. The average molecular weight is 681 g/mol. The molecule has 48 heavy (non-hydrogen) atoms. The van der Waals surface area contributed by atoms with Crippen molar-refractivity contribution < 1.29 is 37.3 Å². The second-order valence-corrected chi connectivity index (χ2v) is 15.3. The van der Waals surface area contributed by atoms with E-state index in [1.54, 1.807) is 52.3 Å². The van der Waals surface area contributed by atoms with Crippen LogP contribution in [0.15, 0.2) is 71.6 Å². The molecule has 0 amide bonds. The van der Waals surface area contributed by atoms with Crippen LogP contribution in [0.25, 0.3) is 0 Å². The van der Waals surface area contributed by atoms with E-state index in [1.807, 2.05) is 43.3 Å². The third-order valence-electron chi connectivity index (χ3n) is 9.46. The first-order valence-corrected chi connectivity index (χ1v) is 17.9. The first kappa shape index (κ1) is 35.7. The quantitative estimate of drug-likeness (QED) is 0.209. The lowest BCUT2D eigenvalue weighted by atomic mass is 9.77. The summed E-state index contributed by atoms with van der Waals surface area (Å²) in [5, 5.41) is 10.0. The van der Waals surface area contributed by atoms with Crippen molar-refractivity contribution in [1.82, 2.24) is 4.31 Å². The van der Waals surface area contributed by atoms with E-state index in [9.17, 15) is 18.3 Å². The molecule has 3 aromatic carbocycles. The Labute approximate surface area is 284 Å². The number of anilines is 1. The van der Waals surface area contributed by atoms with Crippen LogP contribution in [-0.2, 0) is 30.9 Å². The van der Waals surface area contributed by atoms with Gasteiger partial charge < -0.3 is 29.0 Å². The number of hydrogen-bond acceptors (Lipinski definition) is 8. The molecule has 2 aliphatic heterocycles. The van der Waals surface area contributed by atoms with Crippen LogP contribution in [0.4, 0.5) is 5.69 Å². The molecule has 1 fully saturated rings. The number of hydrogen-bond donors (Lipinski definition) is 1. The molecule has 0 saturated carbocycles. The zero-order valence-electron chi connectivity index (χ0n) is 28.6.